The van der Waals surface area contributed by atoms with Crippen LogP contribution in [-0.4, -0.2) is 18.1 Å². The van der Waals surface area contributed by atoms with Gasteiger partial charge >= 0.3 is 0 Å². The summed E-state index contributed by atoms with van der Waals surface area (Å²) >= 11 is 0. The van der Waals surface area contributed by atoms with Crippen molar-refractivity contribution < 1.29 is 0 Å². The van der Waals surface area contributed by atoms with Gasteiger partial charge in [-0.05, 0) is 61.6 Å². The van der Waals surface area contributed by atoms with E-state index in [0.29, 0.717) is 0 Å². The van der Waals surface area contributed by atoms with Gasteiger partial charge in [-0.3, -0.25) is 4.98 Å². The molecule has 1 aliphatic heterocycles. The summed E-state index contributed by atoms with van der Waals surface area (Å²) < 4.78 is 0. The van der Waals surface area contributed by atoms with Gasteiger partial charge in [0.1, 0.15) is 0 Å². The number of aromatic nitrogens is 1. The van der Waals surface area contributed by atoms with Crippen LogP contribution >= 0.6 is 0 Å². The minimum absolute atomic E-state index is 0.961. The van der Waals surface area contributed by atoms with Crippen LogP contribution < -0.4 is 4.90 Å². The van der Waals surface area contributed by atoms with Gasteiger partial charge in [0.2, 0.25) is 0 Å². The molecule has 2 aromatic rings. The van der Waals surface area contributed by atoms with Gasteiger partial charge < -0.3 is 4.90 Å². The van der Waals surface area contributed by atoms with Gasteiger partial charge in [0.15, 0.2) is 0 Å². The molecule has 0 bridgehead atoms. The Morgan fingerprint density at radius 2 is 2.00 bits per heavy atom. The average molecular weight is 278 g/mol. The molecule has 0 radical (unpaired) electrons. The van der Waals surface area contributed by atoms with E-state index >= 15 is 0 Å². The molecule has 0 amide bonds. The maximum absolute atomic E-state index is 4.33. The van der Waals surface area contributed by atoms with Crippen LogP contribution in [0.3, 0.4) is 0 Å². The third kappa shape index (κ3) is 3.52. The summed E-state index contributed by atoms with van der Waals surface area (Å²) in [4.78, 5) is 6.85. The monoisotopic (exact) mass is 278 g/mol. The van der Waals surface area contributed by atoms with Gasteiger partial charge in [0.25, 0.3) is 0 Å². The lowest BCUT2D eigenvalue weighted by atomic mass is 10.1. The third-order valence-corrected chi connectivity index (χ3v) is 4.00. The molecule has 1 fully saturated rings. The van der Waals surface area contributed by atoms with Crippen molar-refractivity contribution in [1.82, 2.24) is 4.98 Å². The zero-order valence-electron chi connectivity index (χ0n) is 12.6. The van der Waals surface area contributed by atoms with Gasteiger partial charge in [0.05, 0.1) is 5.69 Å². The lowest BCUT2D eigenvalue weighted by Crippen LogP contribution is -2.19. The van der Waals surface area contributed by atoms with E-state index < -0.39 is 0 Å². The Kier molecular flexibility index (Phi) is 4.34. The fourth-order valence-electron chi connectivity index (χ4n) is 2.88. The van der Waals surface area contributed by atoms with Crippen molar-refractivity contribution in [1.29, 1.82) is 0 Å². The van der Waals surface area contributed by atoms with Crippen LogP contribution in [0, 0.1) is 6.92 Å². The number of pyridine rings is 1. The fourth-order valence-corrected chi connectivity index (χ4v) is 2.88. The summed E-state index contributed by atoms with van der Waals surface area (Å²) in [6, 6.07) is 12.8. The number of hydrogen-bond acceptors (Lipinski definition) is 2. The van der Waals surface area contributed by atoms with Crippen molar-refractivity contribution in [2.45, 2.75) is 26.2 Å². The first kappa shape index (κ1) is 13.9. The van der Waals surface area contributed by atoms with E-state index in [1.54, 1.807) is 0 Å². The number of rotatable bonds is 4. The van der Waals surface area contributed by atoms with Crippen LogP contribution in [-0.2, 0) is 6.42 Å². The maximum atomic E-state index is 4.33. The van der Waals surface area contributed by atoms with Crippen molar-refractivity contribution in [3.63, 3.8) is 0 Å². The highest BCUT2D eigenvalue weighted by molar-refractivity contribution is 5.57. The second-order valence-electron chi connectivity index (χ2n) is 5.69. The van der Waals surface area contributed by atoms with Crippen LogP contribution in [0.15, 0.2) is 48.7 Å². The highest BCUT2D eigenvalue weighted by Gasteiger charge is 2.15. The van der Waals surface area contributed by atoms with Gasteiger partial charge in [-0.15, -0.1) is 0 Å². The fraction of sp³-hybridized carbons (Fsp3) is 0.316. The average Bonchev–Trinajstić information content (AvgIpc) is 3.04. The summed E-state index contributed by atoms with van der Waals surface area (Å²) in [6.45, 7) is 4.56. The van der Waals surface area contributed by atoms with Crippen molar-refractivity contribution in [2.24, 2.45) is 0 Å². The number of aryl methyl sites for hydroxylation is 1. The lowest BCUT2D eigenvalue weighted by Gasteiger charge is -2.21. The smallest absolute Gasteiger partial charge is 0.0626 e. The lowest BCUT2D eigenvalue weighted by molar-refractivity contribution is 0.949. The first-order valence-corrected chi connectivity index (χ1v) is 7.75. The summed E-state index contributed by atoms with van der Waals surface area (Å²) in [5.41, 5.74) is 5.19. The number of hydrogen-bond donors (Lipinski definition) is 0. The zero-order valence-corrected chi connectivity index (χ0v) is 12.6. The van der Waals surface area contributed by atoms with E-state index in [-0.39, 0.29) is 0 Å². The molecule has 0 atom stereocenters. The standard InChI is InChI=1S/C19H22N2/c1-16-10-11-17(19(15-16)21-13-4-5-14-21)7-6-9-18-8-2-3-12-20-18/h2-3,6,8-12,15H,4-5,7,13-14H2,1H3/b9-6+. The molecule has 108 valence electrons. The van der Waals surface area contributed by atoms with Crippen LogP contribution in [0.2, 0.25) is 0 Å². The molecule has 0 N–H and O–H groups in total. The van der Waals surface area contributed by atoms with E-state index in [2.05, 4.69) is 47.2 Å². The Balaban J connectivity index is 1.77. The molecular weight excluding hydrogens is 256 g/mol. The summed E-state index contributed by atoms with van der Waals surface area (Å²) in [6.07, 6.45) is 9.75. The van der Waals surface area contributed by atoms with Gasteiger partial charge in [-0.25, -0.2) is 0 Å². The topological polar surface area (TPSA) is 16.1 Å². The van der Waals surface area contributed by atoms with Crippen molar-refractivity contribution in [3.05, 3.63) is 65.5 Å². The summed E-state index contributed by atoms with van der Waals surface area (Å²) in [5.74, 6) is 0. The van der Waals surface area contributed by atoms with E-state index in [0.717, 1.165) is 12.1 Å². The first-order chi connectivity index (χ1) is 10.3. The molecule has 21 heavy (non-hydrogen) atoms. The van der Waals surface area contributed by atoms with Crippen LogP contribution in [0.25, 0.3) is 6.08 Å². The molecule has 1 aromatic carbocycles. The van der Waals surface area contributed by atoms with Crippen LogP contribution in [0.5, 0.6) is 0 Å². The predicted octanol–water partition coefficient (Wildman–Crippen LogP) is 4.25. The van der Waals surface area contributed by atoms with Gasteiger partial charge in [-0.1, -0.05) is 24.3 Å². The molecule has 0 spiro atoms. The maximum Gasteiger partial charge on any atom is 0.0626 e. The van der Waals surface area contributed by atoms with E-state index in [4.69, 9.17) is 0 Å². The molecule has 0 aliphatic carbocycles. The minimum atomic E-state index is 0.961. The molecular formula is C19H22N2. The second-order valence-corrected chi connectivity index (χ2v) is 5.69. The van der Waals surface area contributed by atoms with Crippen molar-refractivity contribution in [2.75, 3.05) is 18.0 Å². The minimum Gasteiger partial charge on any atom is -0.371 e. The van der Waals surface area contributed by atoms with Crippen LogP contribution in [0.4, 0.5) is 5.69 Å². The summed E-state index contributed by atoms with van der Waals surface area (Å²) in [7, 11) is 0. The Bertz CT molecular complexity index is 611. The Morgan fingerprint density at radius 1 is 1.14 bits per heavy atom. The molecule has 2 nitrogen and oxygen atoms in total. The SMILES string of the molecule is Cc1ccc(C/C=C/c2ccccn2)c(N2CCCC2)c1. The number of anilines is 1. The normalized spacial score (nSPS) is 15.0. The highest BCUT2D eigenvalue weighted by Crippen LogP contribution is 2.26. The van der Waals surface area contributed by atoms with E-state index in [9.17, 15) is 0 Å². The molecule has 3 rings (SSSR count). The quantitative estimate of drug-likeness (QED) is 0.831. The number of allylic oxidation sites excluding steroid dienone is 1. The molecule has 0 saturated carbocycles. The molecule has 2 heterocycles. The van der Waals surface area contributed by atoms with Crippen molar-refractivity contribution >= 4 is 11.8 Å². The first-order valence-electron chi connectivity index (χ1n) is 7.75. The van der Waals surface area contributed by atoms with Gasteiger partial charge in [-0.2, -0.15) is 0 Å². The third-order valence-electron chi connectivity index (χ3n) is 4.00. The van der Waals surface area contributed by atoms with E-state index in [1.165, 1.54) is 42.7 Å². The summed E-state index contributed by atoms with van der Waals surface area (Å²) in [5, 5.41) is 0. The largest absolute Gasteiger partial charge is 0.371 e. The Morgan fingerprint density at radius 3 is 2.76 bits per heavy atom. The highest BCUT2D eigenvalue weighted by atomic mass is 15.1. The molecule has 2 heteroatoms. The predicted molar refractivity (Wildman–Crippen MR) is 89.6 cm³/mol. The number of nitrogens with zero attached hydrogens (tertiary/aromatic N) is 2. The molecule has 1 saturated heterocycles. The molecule has 1 aliphatic rings. The second kappa shape index (κ2) is 6.57. The molecule has 0 unspecified atom stereocenters. The van der Waals surface area contributed by atoms with Gasteiger partial charge in [0, 0.05) is 25.0 Å². The van der Waals surface area contributed by atoms with E-state index in [1.807, 2.05) is 24.4 Å². The number of benzene rings is 1. The molecule has 1 aromatic heterocycles. The zero-order chi connectivity index (χ0) is 14.5. The van der Waals surface area contributed by atoms with Crippen molar-refractivity contribution in [3.8, 4) is 0 Å². The van der Waals surface area contributed by atoms with Crippen LogP contribution in [0.1, 0.15) is 29.7 Å². The Labute approximate surface area is 127 Å². The Hall–Kier alpha value is -2.09.